The van der Waals surface area contributed by atoms with Crippen LogP contribution in [-0.4, -0.2) is 7.11 Å². The van der Waals surface area contributed by atoms with Crippen LogP contribution in [0.2, 0.25) is 0 Å². The summed E-state index contributed by atoms with van der Waals surface area (Å²) in [4.78, 5) is 1.99. The molecule has 0 radical (unpaired) electrons. The van der Waals surface area contributed by atoms with E-state index in [1.54, 1.807) is 7.11 Å². The molecule has 0 amide bonds. The summed E-state index contributed by atoms with van der Waals surface area (Å²) in [6, 6.07) is 8.44. The Morgan fingerprint density at radius 2 is 2.05 bits per heavy atom. The molecule has 0 aromatic heterocycles. The summed E-state index contributed by atoms with van der Waals surface area (Å²) in [6.45, 7) is 0.602. The molecule has 0 N–H and O–H groups in total. The highest BCUT2D eigenvalue weighted by atomic mass is 79.9. The smallest absolute Gasteiger partial charge is 0.165 e. The molecule has 0 saturated carbocycles. The number of hydrogen-bond acceptors (Lipinski definition) is 2. The highest BCUT2D eigenvalue weighted by Gasteiger charge is 2.25. The number of allylic oxidation sites excluding steroid dienone is 3. The zero-order chi connectivity index (χ0) is 13.2. The molecule has 0 atom stereocenters. The summed E-state index contributed by atoms with van der Waals surface area (Å²) in [5.41, 5.74) is 5.06. The van der Waals surface area contributed by atoms with E-state index in [1.165, 1.54) is 22.3 Å². The van der Waals surface area contributed by atoms with Crippen LogP contribution in [0.4, 0.5) is 0 Å². The van der Waals surface area contributed by atoms with Crippen LogP contribution in [-0.2, 0) is 22.5 Å². The molecule has 2 nitrogen and oxygen atoms in total. The Kier molecular flexibility index (Phi) is 3.47. The molecule has 1 aliphatic heterocycles. The maximum Gasteiger partial charge on any atom is 0.165 e. The van der Waals surface area contributed by atoms with E-state index in [0.717, 1.165) is 24.4 Å². The molecule has 3 heteroatoms. The van der Waals surface area contributed by atoms with Gasteiger partial charge >= 0.3 is 0 Å². The first-order valence-electron chi connectivity index (χ1n) is 6.30. The van der Waals surface area contributed by atoms with Gasteiger partial charge in [-0.25, -0.2) is 0 Å². The Morgan fingerprint density at radius 3 is 2.79 bits per heavy atom. The van der Waals surface area contributed by atoms with Crippen LogP contribution < -0.4 is 0 Å². The zero-order valence-electron chi connectivity index (χ0n) is 10.8. The molecule has 19 heavy (non-hydrogen) atoms. The number of benzene rings is 1. The predicted molar refractivity (Wildman–Crippen MR) is 78.7 cm³/mol. The van der Waals surface area contributed by atoms with Gasteiger partial charge in [-0.3, -0.25) is 0 Å². The number of methoxy groups -OCH3 is 1. The lowest BCUT2D eigenvalue weighted by Gasteiger charge is -2.21. The van der Waals surface area contributed by atoms with Gasteiger partial charge in [0.2, 0.25) is 0 Å². The SMILES string of the molecule is COC1=CCC(=CBr)C2=C1OCc1ccccc1C2. The first-order chi connectivity index (χ1) is 9.33. The van der Waals surface area contributed by atoms with E-state index in [-0.39, 0.29) is 0 Å². The second kappa shape index (κ2) is 5.25. The normalized spacial score (nSPS) is 20.1. The quantitative estimate of drug-likeness (QED) is 0.771. The molecule has 2 aliphatic rings. The minimum atomic E-state index is 0.602. The van der Waals surface area contributed by atoms with Gasteiger partial charge in [0.15, 0.2) is 11.5 Å². The summed E-state index contributed by atoms with van der Waals surface area (Å²) in [5.74, 6) is 1.73. The summed E-state index contributed by atoms with van der Waals surface area (Å²) in [7, 11) is 1.70. The largest absolute Gasteiger partial charge is 0.493 e. The lowest BCUT2D eigenvalue weighted by Crippen LogP contribution is -2.08. The van der Waals surface area contributed by atoms with E-state index < -0.39 is 0 Å². The van der Waals surface area contributed by atoms with Crippen LogP contribution in [0.1, 0.15) is 17.5 Å². The van der Waals surface area contributed by atoms with Crippen molar-refractivity contribution in [2.24, 2.45) is 0 Å². The fourth-order valence-corrected chi connectivity index (χ4v) is 3.03. The lowest BCUT2D eigenvalue weighted by molar-refractivity contribution is 0.163. The van der Waals surface area contributed by atoms with Crippen molar-refractivity contribution in [1.82, 2.24) is 0 Å². The van der Waals surface area contributed by atoms with Gasteiger partial charge in [0.05, 0.1) is 7.11 Å². The minimum Gasteiger partial charge on any atom is -0.493 e. The number of fused-ring (bicyclic) bond motifs is 1. The van der Waals surface area contributed by atoms with E-state index in [9.17, 15) is 0 Å². The molecular formula is C16H15BrO2. The van der Waals surface area contributed by atoms with Gasteiger partial charge in [0.25, 0.3) is 0 Å². The van der Waals surface area contributed by atoms with Crippen LogP contribution >= 0.6 is 15.9 Å². The van der Waals surface area contributed by atoms with Gasteiger partial charge in [-0.1, -0.05) is 40.2 Å². The molecule has 1 aliphatic carbocycles. The molecule has 1 heterocycles. The molecule has 0 fully saturated rings. The fourth-order valence-electron chi connectivity index (χ4n) is 2.56. The molecular weight excluding hydrogens is 304 g/mol. The van der Waals surface area contributed by atoms with Crippen LogP contribution in [0, 0.1) is 0 Å². The Hall–Kier alpha value is -1.48. The molecule has 1 aromatic carbocycles. The fraction of sp³-hybridized carbons (Fsp3) is 0.250. The standard InChI is InChI=1S/C16H15BrO2/c1-18-15-7-6-12(9-17)14-8-11-4-2-3-5-13(11)10-19-16(14)15/h2-5,7,9H,6,8,10H2,1H3. The maximum atomic E-state index is 5.99. The van der Waals surface area contributed by atoms with E-state index >= 15 is 0 Å². The van der Waals surface area contributed by atoms with Crippen molar-refractivity contribution in [3.8, 4) is 0 Å². The molecule has 0 saturated heterocycles. The van der Waals surface area contributed by atoms with Crippen molar-refractivity contribution < 1.29 is 9.47 Å². The Balaban J connectivity index is 2.08. The van der Waals surface area contributed by atoms with Gasteiger partial charge in [-0.05, 0) is 34.2 Å². The summed E-state index contributed by atoms with van der Waals surface area (Å²) < 4.78 is 11.4. The number of ether oxygens (including phenoxy) is 2. The Labute approximate surface area is 121 Å². The third-order valence-corrected chi connectivity index (χ3v) is 4.15. The van der Waals surface area contributed by atoms with Crippen molar-refractivity contribution in [1.29, 1.82) is 0 Å². The van der Waals surface area contributed by atoms with E-state index in [0.29, 0.717) is 6.61 Å². The van der Waals surface area contributed by atoms with E-state index in [1.807, 2.05) is 4.99 Å². The van der Waals surface area contributed by atoms with Crippen LogP contribution in [0.25, 0.3) is 0 Å². The number of hydrogen-bond donors (Lipinski definition) is 0. The second-order valence-electron chi connectivity index (χ2n) is 4.65. The third kappa shape index (κ3) is 2.23. The first kappa shape index (κ1) is 12.5. The molecule has 0 unspecified atom stereocenters. The lowest BCUT2D eigenvalue weighted by atomic mass is 9.91. The van der Waals surface area contributed by atoms with Crippen LogP contribution in [0.5, 0.6) is 0 Å². The van der Waals surface area contributed by atoms with Crippen molar-refractivity contribution in [2.75, 3.05) is 7.11 Å². The number of halogens is 1. The molecule has 0 bridgehead atoms. The van der Waals surface area contributed by atoms with Crippen LogP contribution in [0.15, 0.2) is 58.0 Å². The Morgan fingerprint density at radius 1 is 1.26 bits per heavy atom. The summed E-state index contributed by atoms with van der Waals surface area (Å²) >= 11 is 3.46. The molecule has 1 aromatic rings. The van der Waals surface area contributed by atoms with Crippen molar-refractivity contribution >= 4 is 15.9 Å². The van der Waals surface area contributed by atoms with Gasteiger partial charge < -0.3 is 9.47 Å². The summed E-state index contributed by atoms with van der Waals surface area (Å²) in [6.07, 6.45) is 3.84. The maximum absolute atomic E-state index is 5.99. The highest BCUT2D eigenvalue weighted by molar-refractivity contribution is 9.11. The van der Waals surface area contributed by atoms with Crippen molar-refractivity contribution in [3.63, 3.8) is 0 Å². The molecule has 0 spiro atoms. The average Bonchev–Trinajstić information content (AvgIpc) is 2.65. The van der Waals surface area contributed by atoms with Gasteiger partial charge in [0.1, 0.15) is 6.61 Å². The predicted octanol–water partition coefficient (Wildman–Crippen LogP) is 4.23. The zero-order valence-corrected chi connectivity index (χ0v) is 12.4. The first-order valence-corrected chi connectivity index (χ1v) is 7.22. The van der Waals surface area contributed by atoms with Crippen molar-refractivity contribution in [2.45, 2.75) is 19.4 Å². The van der Waals surface area contributed by atoms with E-state index in [4.69, 9.17) is 9.47 Å². The highest BCUT2D eigenvalue weighted by Crippen LogP contribution is 2.36. The van der Waals surface area contributed by atoms with Crippen LogP contribution in [0.3, 0.4) is 0 Å². The number of rotatable bonds is 1. The minimum absolute atomic E-state index is 0.602. The second-order valence-corrected chi connectivity index (χ2v) is 5.11. The van der Waals surface area contributed by atoms with Crippen molar-refractivity contribution in [3.05, 3.63) is 69.1 Å². The molecule has 3 rings (SSSR count). The van der Waals surface area contributed by atoms with Gasteiger partial charge in [0, 0.05) is 12.0 Å². The van der Waals surface area contributed by atoms with Gasteiger partial charge in [-0.2, -0.15) is 0 Å². The monoisotopic (exact) mass is 318 g/mol. The Bertz CT molecular complexity index is 597. The average molecular weight is 319 g/mol. The summed E-state index contributed by atoms with van der Waals surface area (Å²) in [5, 5.41) is 0. The topological polar surface area (TPSA) is 18.5 Å². The molecule has 98 valence electrons. The van der Waals surface area contributed by atoms with E-state index in [2.05, 4.69) is 46.3 Å². The third-order valence-electron chi connectivity index (χ3n) is 3.60. The van der Waals surface area contributed by atoms with Gasteiger partial charge in [-0.15, -0.1) is 0 Å².